The number of hydrogen-bond donors (Lipinski definition) is 2. The van der Waals surface area contributed by atoms with E-state index in [1.165, 1.54) is 36.7 Å². The van der Waals surface area contributed by atoms with E-state index in [2.05, 4.69) is 43.3 Å². The van der Waals surface area contributed by atoms with Crippen LogP contribution in [0.3, 0.4) is 0 Å². The summed E-state index contributed by atoms with van der Waals surface area (Å²) in [6, 6.07) is 7.75. The van der Waals surface area contributed by atoms with Crippen molar-refractivity contribution in [1.29, 1.82) is 0 Å². The average molecular weight is 489 g/mol. The number of aryl methyl sites for hydroxylation is 2. The molecule has 2 aromatic heterocycles. The molecule has 9 heteroatoms. The van der Waals surface area contributed by atoms with Gasteiger partial charge in [-0.05, 0) is 24.1 Å². The van der Waals surface area contributed by atoms with Crippen LogP contribution < -0.4 is 16.7 Å². The van der Waals surface area contributed by atoms with E-state index in [4.69, 9.17) is 0 Å². The highest BCUT2D eigenvalue weighted by Gasteiger charge is 2.16. The van der Waals surface area contributed by atoms with Gasteiger partial charge < -0.3 is 4.57 Å². The van der Waals surface area contributed by atoms with E-state index in [0.29, 0.717) is 23.7 Å². The molecule has 2 N–H and O–H groups in total. The summed E-state index contributed by atoms with van der Waals surface area (Å²) in [5, 5.41) is 4.28. The topological polar surface area (TPSA) is 97.1 Å². The summed E-state index contributed by atoms with van der Waals surface area (Å²) in [5.74, 6) is 0.445. The van der Waals surface area contributed by atoms with Gasteiger partial charge in [-0.25, -0.2) is 10.2 Å². The highest BCUT2D eigenvalue weighted by molar-refractivity contribution is 9.10. The fourth-order valence-electron chi connectivity index (χ4n) is 3.48. The van der Waals surface area contributed by atoms with Crippen molar-refractivity contribution < 1.29 is 0 Å². The zero-order valence-corrected chi connectivity index (χ0v) is 19.6. The molecule has 0 bridgehead atoms. The molecule has 3 aromatic rings. The van der Waals surface area contributed by atoms with Gasteiger partial charge in [-0.3, -0.25) is 14.3 Å². The predicted octanol–water partition coefficient (Wildman–Crippen LogP) is 4.38. The largest absolute Gasteiger partial charge is 0.329 e. The number of rotatable bonds is 11. The number of hydrazone groups is 1. The number of hydrogen-bond acceptors (Lipinski definition) is 5. The van der Waals surface area contributed by atoms with Gasteiger partial charge in [-0.15, -0.1) is 0 Å². The Labute approximate surface area is 189 Å². The average Bonchev–Trinajstić information content (AvgIpc) is 3.12. The fraction of sp³-hybridized carbons (Fsp3) is 0.455. The molecule has 0 atom stereocenters. The molecule has 0 unspecified atom stereocenters. The molecule has 8 nitrogen and oxygen atoms in total. The molecule has 0 spiro atoms. The first-order valence-electron chi connectivity index (χ1n) is 10.8. The van der Waals surface area contributed by atoms with E-state index in [0.717, 1.165) is 22.9 Å². The van der Waals surface area contributed by atoms with Crippen LogP contribution in [0.15, 0.2) is 43.4 Å². The number of aromatic nitrogens is 4. The first-order chi connectivity index (χ1) is 15.0. The minimum absolute atomic E-state index is 0.345. The second kappa shape index (κ2) is 11.1. The molecule has 0 aliphatic heterocycles. The molecule has 2 heterocycles. The van der Waals surface area contributed by atoms with Gasteiger partial charge >= 0.3 is 5.69 Å². The number of aromatic amines is 1. The lowest BCUT2D eigenvalue weighted by Gasteiger charge is -2.08. The van der Waals surface area contributed by atoms with Crippen molar-refractivity contribution in [3.63, 3.8) is 0 Å². The van der Waals surface area contributed by atoms with Crippen LogP contribution in [0.25, 0.3) is 11.2 Å². The normalized spacial score (nSPS) is 11.6. The monoisotopic (exact) mass is 488 g/mol. The summed E-state index contributed by atoms with van der Waals surface area (Å²) in [7, 11) is 1.60. The SMILES string of the molecule is CCCCCCCCCn1c(NN=Cc2ccc(Br)cc2)nc2c1c(=O)[nH]c(=O)n2C. The molecule has 0 amide bonds. The lowest BCUT2D eigenvalue weighted by Crippen LogP contribution is -2.29. The maximum Gasteiger partial charge on any atom is 0.329 e. The molecule has 1 aromatic carbocycles. The fourth-order valence-corrected chi connectivity index (χ4v) is 3.74. The zero-order valence-electron chi connectivity index (χ0n) is 18.0. The van der Waals surface area contributed by atoms with Gasteiger partial charge in [-0.2, -0.15) is 10.1 Å². The Morgan fingerprint density at radius 3 is 2.48 bits per heavy atom. The van der Waals surface area contributed by atoms with Crippen LogP contribution in [0.4, 0.5) is 5.95 Å². The van der Waals surface area contributed by atoms with Crippen LogP contribution in [-0.2, 0) is 13.6 Å². The second-order valence-corrected chi connectivity index (χ2v) is 8.54. The van der Waals surface area contributed by atoms with Crippen molar-refractivity contribution in [1.82, 2.24) is 19.1 Å². The molecule has 0 saturated heterocycles. The third kappa shape index (κ3) is 5.94. The summed E-state index contributed by atoms with van der Waals surface area (Å²) in [5.41, 5.74) is 3.69. The highest BCUT2D eigenvalue weighted by atomic mass is 79.9. The van der Waals surface area contributed by atoms with Crippen LogP contribution in [0, 0.1) is 0 Å². The van der Waals surface area contributed by atoms with Crippen molar-refractivity contribution in [3.8, 4) is 0 Å². The lowest BCUT2D eigenvalue weighted by atomic mass is 10.1. The number of nitrogens with zero attached hydrogens (tertiary/aromatic N) is 4. The van der Waals surface area contributed by atoms with Crippen molar-refractivity contribution in [2.45, 2.75) is 58.4 Å². The first-order valence-corrected chi connectivity index (χ1v) is 11.5. The smallest absolute Gasteiger partial charge is 0.303 e. The summed E-state index contributed by atoms with van der Waals surface area (Å²) >= 11 is 3.41. The Bertz CT molecular complexity index is 1140. The Kier molecular flexibility index (Phi) is 8.22. The minimum atomic E-state index is -0.483. The van der Waals surface area contributed by atoms with Gasteiger partial charge in [0.25, 0.3) is 5.56 Å². The van der Waals surface area contributed by atoms with E-state index in [1.54, 1.807) is 13.3 Å². The van der Waals surface area contributed by atoms with E-state index in [-0.39, 0.29) is 0 Å². The number of imidazole rings is 1. The van der Waals surface area contributed by atoms with Crippen LogP contribution in [0.2, 0.25) is 0 Å². The zero-order chi connectivity index (χ0) is 22.2. The van der Waals surface area contributed by atoms with Gasteiger partial charge in [0.15, 0.2) is 11.2 Å². The van der Waals surface area contributed by atoms with E-state index >= 15 is 0 Å². The van der Waals surface area contributed by atoms with E-state index in [9.17, 15) is 9.59 Å². The highest BCUT2D eigenvalue weighted by Crippen LogP contribution is 2.17. The Balaban J connectivity index is 1.79. The van der Waals surface area contributed by atoms with Gasteiger partial charge in [0.1, 0.15) is 0 Å². The van der Waals surface area contributed by atoms with Gasteiger partial charge in [0, 0.05) is 18.1 Å². The number of halogens is 1. The summed E-state index contributed by atoms with van der Waals surface area (Å²) in [6.07, 6.45) is 9.87. The number of nitrogens with one attached hydrogen (secondary N) is 2. The lowest BCUT2D eigenvalue weighted by molar-refractivity contribution is 0.556. The second-order valence-electron chi connectivity index (χ2n) is 7.62. The number of anilines is 1. The van der Waals surface area contributed by atoms with Crippen molar-refractivity contribution in [2.75, 3.05) is 5.43 Å². The number of unbranched alkanes of at least 4 members (excludes halogenated alkanes) is 6. The maximum atomic E-state index is 12.5. The molecule has 0 saturated carbocycles. The van der Waals surface area contributed by atoms with Gasteiger partial charge in [0.2, 0.25) is 5.95 Å². The summed E-state index contributed by atoms with van der Waals surface area (Å²) < 4.78 is 4.16. The predicted molar refractivity (Wildman–Crippen MR) is 129 cm³/mol. The van der Waals surface area contributed by atoms with Crippen LogP contribution in [0.5, 0.6) is 0 Å². The molecule has 0 aliphatic rings. The van der Waals surface area contributed by atoms with Crippen molar-refractivity contribution in [2.24, 2.45) is 12.1 Å². The van der Waals surface area contributed by atoms with Gasteiger partial charge in [0.05, 0.1) is 6.21 Å². The van der Waals surface area contributed by atoms with Gasteiger partial charge in [-0.1, -0.05) is 73.5 Å². The maximum absolute atomic E-state index is 12.5. The molecular formula is C22H29BrN6O2. The molecule has 166 valence electrons. The van der Waals surface area contributed by atoms with E-state index < -0.39 is 11.2 Å². The Morgan fingerprint density at radius 2 is 1.77 bits per heavy atom. The Morgan fingerprint density at radius 1 is 1.10 bits per heavy atom. The first kappa shape index (κ1) is 23.0. The van der Waals surface area contributed by atoms with Crippen LogP contribution in [-0.4, -0.2) is 25.3 Å². The number of H-pyrrole nitrogens is 1. The van der Waals surface area contributed by atoms with Crippen molar-refractivity contribution >= 4 is 39.3 Å². The molecule has 31 heavy (non-hydrogen) atoms. The molecular weight excluding hydrogens is 460 g/mol. The number of fused-ring (bicyclic) bond motifs is 1. The summed E-state index contributed by atoms with van der Waals surface area (Å²) in [4.78, 5) is 31.4. The quantitative estimate of drug-likeness (QED) is 0.237. The molecule has 3 rings (SSSR count). The minimum Gasteiger partial charge on any atom is -0.303 e. The third-order valence-electron chi connectivity index (χ3n) is 5.24. The molecule has 0 aliphatic carbocycles. The van der Waals surface area contributed by atoms with Crippen LogP contribution >= 0.6 is 15.9 Å². The third-order valence-corrected chi connectivity index (χ3v) is 5.77. The standard InChI is InChI=1S/C22H29BrN6O2/c1-3-4-5-6-7-8-9-14-29-18-19(28(2)22(31)26-20(18)30)25-21(29)27-24-15-16-10-12-17(23)13-11-16/h10-13,15H,3-9,14H2,1-2H3,(H,25,27)(H,26,30,31). The van der Waals surface area contributed by atoms with Crippen LogP contribution in [0.1, 0.15) is 57.4 Å². The molecule has 0 radical (unpaired) electrons. The Hall–Kier alpha value is -2.68. The van der Waals surface area contributed by atoms with E-state index in [1.807, 2.05) is 28.8 Å². The van der Waals surface area contributed by atoms with Crippen molar-refractivity contribution in [3.05, 3.63) is 55.1 Å². The summed E-state index contributed by atoms with van der Waals surface area (Å²) in [6.45, 7) is 2.84. The number of benzene rings is 1. The molecule has 0 fully saturated rings.